The van der Waals surface area contributed by atoms with Crippen LogP contribution in [0.25, 0.3) is 0 Å². The van der Waals surface area contributed by atoms with E-state index >= 15 is 0 Å². The fourth-order valence-corrected chi connectivity index (χ4v) is 2.10. The van der Waals surface area contributed by atoms with E-state index in [0.717, 1.165) is 19.5 Å². The number of likely N-dealkylation sites (tertiary alicyclic amines) is 1. The lowest BCUT2D eigenvalue weighted by Crippen LogP contribution is -2.33. The Balaban J connectivity index is 2.46. The van der Waals surface area contributed by atoms with Crippen molar-refractivity contribution in [2.45, 2.75) is 29.7 Å². The van der Waals surface area contributed by atoms with Gasteiger partial charge in [0.05, 0.1) is 3.42 Å². The molecular formula is C8H15FIN. The zero-order valence-corrected chi connectivity index (χ0v) is 9.27. The second kappa shape index (κ2) is 3.56. The summed E-state index contributed by atoms with van der Waals surface area (Å²) in [4.78, 5) is 2.34. The fourth-order valence-electron chi connectivity index (χ4n) is 1.42. The number of hydrogen-bond donors (Lipinski definition) is 0. The summed E-state index contributed by atoms with van der Waals surface area (Å²) in [6.45, 7) is 6.13. The largest absolute Gasteiger partial charge is 0.299 e. The van der Waals surface area contributed by atoms with E-state index in [2.05, 4.69) is 41.3 Å². The molecule has 1 heterocycles. The Kier molecular flexibility index (Phi) is 3.14. The SMILES string of the molecule is CC(C)N1CCC(I)(CF)C1. The molecule has 1 aliphatic heterocycles. The summed E-state index contributed by atoms with van der Waals surface area (Å²) in [5.41, 5.74) is 0. The van der Waals surface area contributed by atoms with Gasteiger partial charge in [-0.3, -0.25) is 4.90 Å². The summed E-state index contributed by atoms with van der Waals surface area (Å²) in [6, 6.07) is 0.568. The van der Waals surface area contributed by atoms with E-state index in [1.807, 2.05) is 0 Å². The lowest BCUT2D eigenvalue weighted by Gasteiger charge is -2.22. The van der Waals surface area contributed by atoms with Crippen molar-refractivity contribution in [2.24, 2.45) is 0 Å². The summed E-state index contributed by atoms with van der Waals surface area (Å²) in [5, 5.41) is 0. The molecule has 1 unspecified atom stereocenters. The second-order valence-electron chi connectivity index (χ2n) is 3.60. The molecule has 0 spiro atoms. The molecule has 0 N–H and O–H groups in total. The van der Waals surface area contributed by atoms with Crippen LogP contribution in [0.3, 0.4) is 0 Å². The van der Waals surface area contributed by atoms with E-state index in [1.54, 1.807) is 0 Å². The number of nitrogens with zero attached hydrogens (tertiary/aromatic N) is 1. The lowest BCUT2D eigenvalue weighted by atomic mass is 10.1. The predicted octanol–water partition coefficient (Wildman–Crippen LogP) is 2.24. The highest BCUT2D eigenvalue weighted by atomic mass is 127. The third kappa shape index (κ3) is 2.28. The maximum Gasteiger partial charge on any atom is 0.105 e. The van der Waals surface area contributed by atoms with Crippen LogP contribution in [0.2, 0.25) is 0 Å². The molecule has 0 saturated carbocycles. The number of halogens is 2. The van der Waals surface area contributed by atoms with Crippen LogP contribution < -0.4 is 0 Å². The van der Waals surface area contributed by atoms with Crippen LogP contribution in [0.4, 0.5) is 4.39 Å². The smallest absolute Gasteiger partial charge is 0.105 e. The molecule has 1 atom stereocenters. The molecule has 0 amide bonds. The Labute approximate surface area is 81.5 Å². The zero-order chi connectivity index (χ0) is 8.48. The maximum atomic E-state index is 12.5. The summed E-state index contributed by atoms with van der Waals surface area (Å²) < 4.78 is 12.4. The quantitative estimate of drug-likeness (QED) is 0.550. The van der Waals surface area contributed by atoms with Gasteiger partial charge in [-0.05, 0) is 26.8 Å². The normalized spacial score (nSPS) is 33.5. The van der Waals surface area contributed by atoms with E-state index in [9.17, 15) is 4.39 Å². The molecule has 3 heteroatoms. The molecule has 0 radical (unpaired) electrons. The molecule has 0 aliphatic carbocycles. The minimum atomic E-state index is -0.184. The highest BCUT2D eigenvalue weighted by molar-refractivity contribution is 14.1. The molecule has 0 bridgehead atoms. The molecule has 1 aliphatic rings. The summed E-state index contributed by atoms with van der Waals surface area (Å²) in [5.74, 6) is 0. The van der Waals surface area contributed by atoms with Crippen LogP contribution in [0, 0.1) is 0 Å². The van der Waals surface area contributed by atoms with Gasteiger partial charge in [0.1, 0.15) is 6.67 Å². The molecule has 11 heavy (non-hydrogen) atoms. The van der Waals surface area contributed by atoms with Crippen molar-refractivity contribution in [3.8, 4) is 0 Å². The molecule has 0 aromatic rings. The molecule has 0 aromatic heterocycles. The Morgan fingerprint density at radius 1 is 1.64 bits per heavy atom. The molecule has 1 nitrogen and oxygen atoms in total. The summed E-state index contributed by atoms with van der Waals surface area (Å²) >= 11 is 2.26. The van der Waals surface area contributed by atoms with Crippen molar-refractivity contribution in [3.05, 3.63) is 0 Å². The minimum Gasteiger partial charge on any atom is -0.299 e. The lowest BCUT2D eigenvalue weighted by molar-refractivity contribution is 0.265. The van der Waals surface area contributed by atoms with Crippen LogP contribution in [-0.4, -0.2) is 34.1 Å². The first-order chi connectivity index (χ1) is 5.07. The van der Waals surface area contributed by atoms with Crippen molar-refractivity contribution in [3.63, 3.8) is 0 Å². The molecule has 1 saturated heterocycles. The summed E-state index contributed by atoms with van der Waals surface area (Å²) in [7, 11) is 0. The van der Waals surface area contributed by atoms with Gasteiger partial charge in [-0.15, -0.1) is 0 Å². The van der Waals surface area contributed by atoms with Crippen molar-refractivity contribution < 1.29 is 4.39 Å². The number of hydrogen-bond acceptors (Lipinski definition) is 1. The van der Waals surface area contributed by atoms with E-state index in [4.69, 9.17) is 0 Å². The first-order valence-electron chi connectivity index (χ1n) is 4.06. The standard InChI is InChI=1S/C8H15FIN/c1-7(2)11-4-3-8(10,5-9)6-11/h7H,3-6H2,1-2H3. The van der Waals surface area contributed by atoms with Gasteiger partial charge in [0.2, 0.25) is 0 Å². The molecule has 1 fully saturated rings. The van der Waals surface area contributed by atoms with Gasteiger partial charge in [0, 0.05) is 12.6 Å². The Morgan fingerprint density at radius 3 is 2.55 bits per heavy atom. The van der Waals surface area contributed by atoms with Crippen molar-refractivity contribution in [1.29, 1.82) is 0 Å². The van der Waals surface area contributed by atoms with Crippen molar-refractivity contribution >= 4 is 22.6 Å². The van der Waals surface area contributed by atoms with Crippen molar-refractivity contribution in [2.75, 3.05) is 19.8 Å². The third-order valence-electron chi connectivity index (χ3n) is 2.30. The fraction of sp³-hybridized carbons (Fsp3) is 1.00. The van der Waals surface area contributed by atoms with Gasteiger partial charge < -0.3 is 0 Å². The molecule has 1 rings (SSSR count). The van der Waals surface area contributed by atoms with Crippen LogP contribution in [0.15, 0.2) is 0 Å². The second-order valence-corrected chi connectivity index (χ2v) is 5.89. The average Bonchev–Trinajstić information content (AvgIpc) is 2.33. The summed E-state index contributed by atoms with van der Waals surface area (Å²) in [6.07, 6.45) is 1.00. The number of alkyl halides is 2. The van der Waals surface area contributed by atoms with E-state index in [0.29, 0.717) is 6.04 Å². The topological polar surface area (TPSA) is 3.24 Å². The van der Waals surface area contributed by atoms with Gasteiger partial charge in [-0.1, -0.05) is 22.6 Å². The van der Waals surface area contributed by atoms with Gasteiger partial charge in [-0.2, -0.15) is 0 Å². The van der Waals surface area contributed by atoms with Gasteiger partial charge in [0.15, 0.2) is 0 Å². The predicted molar refractivity (Wildman–Crippen MR) is 54.1 cm³/mol. The van der Waals surface area contributed by atoms with Crippen LogP contribution in [0.5, 0.6) is 0 Å². The number of rotatable bonds is 2. The first kappa shape index (κ1) is 9.71. The third-order valence-corrected chi connectivity index (χ3v) is 3.47. The Morgan fingerprint density at radius 2 is 2.27 bits per heavy atom. The van der Waals surface area contributed by atoms with Gasteiger partial charge >= 0.3 is 0 Å². The molecule has 0 aromatic carbocycles. The zero-order valence-electron chi connectivity index (χ0n) is 7.11. The average molecular weight is 271 g/mol. The van der Waals surface area contributed by atoms with Crippen molar-refractivity contribution in [1.82, 2.24) is 4.90 Å². The minimum absolute atomic E-state index is 0.0813. The van der Waals surface area contributed by atoms with Gasteiger partial charge in [0.25, 0.3) is 0 Å². The van der Waals surface area contributed by atoms with Crippen LogP contribution in [0.1, 0.15) is 20.3 Å². The molecule has 66 valence electrons. The molecular weight excluding hydrogens is 256 g/mol. The van der Waals surface area contributed by atoms with E-state index in [-0.39, 0.29) is 10.1 Å². The van der Waals surface area contributed by atoms with Gasteiger partial charge in [-0.25, -0.2) is 4.39 Å². The first-order valence-corrected chi connectivity index (χ1v) is 5.14. The maximum absolute atomic E-state index is 12.5. The Hall–Kier alpha value is 0.620. The van der Waals surface area contributed by atoms with Crippen LogP contribution in [-0.2, 0) is 0 Å². The van der Waals surface area contributed by atoms with Crippen LogP contribution >= 0.6 is 22.6 Å². The van der Waals surface area contributed by atoms with E-state index in [1.165, 1.54) is 0 Å². The monoisotopic (exact) mass is 271 g/mol. The van der Waals surface area contributed by atoms with E-state index < -0.39 is 0 Å². The highest BCUT2D eigenvalue weighted by Crippen LogP contribution is 2.32. The Bertz CT molecular complexity index is 140. The highest BCUT2D eigenvalue weighted by Gasteiger charge is 2.36.